The second kappa shape index (κ2) is 9.28. The van der Waals surface area contributed by atoms with E-state index in [0.29, 0.717) is 25.4 Å². The predicted octanol–water partition coefficient (Wildman–Crippen LogP) is 1.08. The van der Waals surface area contributed by atoms with E-state index in [1.807, 2.05) is 0 Å². The van der Waals surface area contributed by atoms with Crippen LogP contribution in [0.5, 0.6) is 5.75 Å². The molecule has 0 unspecified atom stereocenters. The number of amides is 1. The Morgan fingerprint density at radius 3 is 2.85 bits per heavy atom. The minimum absolute atomic E-state index is 0.130. The van der Waals surface area contributed by atoms with Gasteiger partial charge in [-0.3, -0.25) is 4.79 Å². The van der Waals surface area contributed by atoms with Crippen LogP contribution < -0.4 is 15.4 Å². The number of ether oxygens (including phenoxy) is 2. The number of nitrogens with one attached hydrogen (secondary N) is 2. The van der Waals surface area contributed by atoms with Crippen LogP contribution in [0.1, 0.15) is 12.0 Å². The number of methoxy groups -OCH3 is 1. The number of hydrogen-bond acceptors (Lipinski definition) is 4. The predicted molar refractivity (Wildman–Crippen MR) is 74.2 cm³/mol. The first kappa shape index (κ1) is 16.4. The van der Waals surface area contributed by atoms with Crippen molar-refractivity contribution in [3.8, 4) is 5.75 Å². The summed E-state index contributed by atoms with van der Waals surface area (Å²) in [6.45, 7) is 1.54. The maximum atomic E-state index is 13.3. The molecule has 1 aromatic rings. The van der Waals surface area contributed by atoms with Crippen LogP contribution in [0.2, 0.25) is 0 Å². The quantitative estimate of drug-likeness (QED) is 0.666. The lowest BCUT2D eigenvalue weighted by molar-refractivity contribution is -0.123. The number of benzene rings is 1. The topological polar surface area (TPSA) is 59.6 Å². The third kappa shape index (κ3) is 6.49. The van der Waals surface area contributed by atoms with Gasteiger partial charge in [-0.2, -0.15) is 0 Å². The molecule has 2 N–H and O–H groups in total. The number of hydrogen-bond donors (Lipinski definition) is 2. The number of halogens is 1. The van der Waals surface area contributed by atoms with Gasteiger partial charge in [-0.15, -0.1) is 0 Å². The Bertz CT molecular complexity index is 427. The van der Waals surface area contributed by atoms with Gasteiger partial charge in [0.25, 0.3) is 5.91 Å². The molecule has 0 spiro atoms. The monoisotopic (exact) mass is 284 g/mol. The molecular formula is C14H21FN2O3. The molecule has 0 heterocycles. The Morgan fingerprint density at radius 2 is 2.15 bits per heavy atom. The minimum Gasteiger partial charge on any atom is -0.484 e. The zero-order valence-electron chi connectivity index (χ0n) is 11.9. The summed E-state index contributed by atoms with van der Waals surface area (Å²) in [6, 6.07) is 4.39. The largest absolute Gasteiger partial charge is 0.484 e. The number of carbonyl (C=O) groups excluding carboxylic acids is 1. The van der Waals surface area contributed by atoms with Crippen molar-refractivity contribution in [1.82, 2.24) is 10.6 Å². The fourth-order valence-electron chi connectivity index (χ4n) is 1.65. The van der Waals surface area contributed by atoms with Crippen LogP contribution in [-0.2, 0) is 16.1 Å². The first-order valence-electron chi connectivity index (χ1n) is 6.48. The summed E-state index contributed by atoms with van der Waals surface area (Å²) >= 11 is 0. The zero-order valence-corrected chi connectivity index (χ0v) is 11.9. The van der Waals surface area contributed by atoms with Crippen LogP contribution in [0.3, 0.4) is 0 Å². The third-order valence-corrected chi connectivity index (χ3v) is 2.53. The summed E-state index contributed by atoms with van der Waals surface area (Å²) in [5.74, 6) is -0.268. The second-order valence-electron chi connectivity index (χ2n) is 4.31. The van der Waals surface area contributed by atoms with E-state index < -0.39 is 0 Å². The van der Waals surface area contributed by atoms with Crippen LogP contribution >= 0.6 is 0 Å². The molecular weight excluding hydrogens is 263 g/mol. The van der Waals surface area contributed by atoms with E-state index in [2.05, 4.69) is 10.6 Å². The molecule has 0 aliphatic heterocycles. The molecule has 0 aliphatic rings. The molecule has 5 nitrogen and oxygen atoms in total. The van der Waals surface area contributed by atoms with Gasteiger partial charge in [-0.25, -0.2) is 4.39 Å². The van der Waals surface area contributed by atoms with Gasteiger partial charge in [0, 0.05) is 32.9 Å². The van der Waals surface area contributed by atoms with Crippen LogP contribution in [0, 0.1) is 5.82 Å². The molecule has 6 heteroatoms. The molecule has 1 rings (SSSR count). The molecule has 0 fully saturated rings. The average Bonchev–Trinajstić information content (AvgIpc) is 2.41. The van der Waals surface area contributed by atoms with Crippen molar-refractivity contribution in [2.75, 3.05) is 33.9 Å². The van der Waals surface area contributed by atoms with Gasteiger partial charge in [0.05, 0.1) is 0 Å². The molecule has 0 atom stereocenters. The summed E-state index contributed by atoms with van der Waals surface area (Å²) in [5.41, 5.74) is 0.767. The van der Waals surface area contributed by atoms with Crippen molar-refractivity contribution in [2.24, 2.45) is 0 Å². The van der Waals surface area contributed by atoms with Gasteiger partial charge in [-0.1, -0.05) is 0 Å². The van der Waals surface area contributed by atoms with Crippen LogP contribution in [0.4, 0.5) is 4.39 Å². The van der Waals surface area contributed by atoms with E-state index >= 15 is 0 Å². The fraction of sp³-hybridized carbons (Fsp3) is 0.500. The highest BCUT2D eigenvalue weighted by Crippen LogP contribution is 2.16. The Morgan fingerprint density at radius 1 is 1.35 bits per heavy atom. The van der Waals surface area contributed by atoms with Crippen LogP contribution in [-0.4, -0.2) is 39.8 Å². The van der Waals surface area contributed by atoms with Gasteiger partial charge in [0.15, 0.2) is 6.61 Å². The first-order valence-corrected chi connectivity index (χ1v) is 6.48. The Balaban J connectivity index is 2.38. The lowest BCUT2D eigenvalue weighted by Crippen LogP contribution is -2.30. The van der Waals surface area contributed by atoms with Crippen molar-refractivity contribution in [3.63, 3.8) is 0 Å². The lowest BCUT2D eigenvalue weighted by atomic mass is 10.2. The second-order valence-corrected chi connectivity index (χ2v) is 4.31. The molecule has 0 bridgehead atoms. The summed E-state index contributed by atoms with van der Waals surface area (Å²) in [4.78, 5) is 11.5. The highest BCUT2D eigenvalue weighted by atomic mass is 19.1. The molecule has 0 saturated carbocycles. The molecule has 0 radical (unpaired) electrons. The third-order valence-electron chi connectivity index (χ3n) is 2.53. The van der Waals surface area contributed by atoms with E-state index in [9.17, 15) is 9.18 Å². The van der Waals surface area contributed by atoms with Crippen molar-refractivity contribution in [1.29, 1.82) is 0 Å². The molecule has 0 aromatic heterocycles. The summed E-state index contributed by atoms with van der Waals surface area (Å²) in [6.07, 6.45) is 0.745. The smallest absolute Gasteiger partial charge is 0.257 e. The Labute approximate surface area is 118 Å². The van der Waals surface area contributed by atoms with Crippen molar-refractivity contribution in [3.05, 3.63) is 29.6 Å². The van der Waals surface area contributed by atoms with Crippen LogP contribution in [0.15, 0.2) is 18.2 Å². The average molecular weight is 284 g/mol. The minimum atomic E-state index is -0.381. The molecule has 20 heavy (non-hydrogen) atoms. The van der Waals surface area contributed by atoms with Gasteiger partial charge in [0.1, 0.15) is 11.6 Å². The van der Waals surface area contributed by atoms with Crippen LogP contribution in [0.25, 0.3) is 0 Å². The normalized spacial score (nSPS) is 10.3. The lowest BCUT2D eigenvalue weighted by Gasteiger charge is -2.09. The van der Waals surface area contributed by atoms with E-state index in [1.165, 1.54) is 12.1 Å². The van der Waals surface area contributed by atoms with E-state index in [4.69, 9.17) is 9.47 Å². The maximum Gasteiger partial charge on any atom is 0.257 e. The first-order chi connectivity index (χ1) is 9.65. The highest BCUT2D eigenvalue weighted by Gasteiger charge is 2.05. The van der Waals surface area contributed by atoms with E-state index in [1.54, 1.807) is 20.2 Å². The summed E-state index contributed by atoms with van der Waals surface area (Å²) < 4.78 is 23.5. The molecule has 1 aromatic carbocycles. The highest BCUT2D eigenvalue weighted by molar-refractivity contribution is 5.77. The SMILES string of the molecule is CNCc1cc(F)cc(OCC(=O)NCCCOC)c1. The van der Waals surface area contributed by atoms with E-state index in [-0.39, 0.29) is 18.3 Å². The van der Waals surface area contributed by atoms with Crippen molar-refractivity contribution < 1.29 is 18.7 Å². The van der Waals surface area contributed by atoms with E-state index in [0.717, 1.165) is 12.0 Å². The van der Waals surface area contributed by atoms with Gasteiger partial charge < -0.3 is 20.1 Å². The van der Waals surface area contributed by atoms with Crippen molar-refractivity contribution in [2.45, 2.75) is 13.0 Å². The molecule has 1 amide bonds. The molecule has 112 valence electrons. The zero-order chi connectivity index (χ0) is 14.8. The van der Waals surface area contributed by atoms with Gasteiger partial charge >= 0.3 is 0 Å². The Hall–Kier alpha value is -1.66. The number of rotatable bonds is 9. The fourth-order valence-corrected chi connectivity index (χ4v) is 1.65. The van der Waals surface area contributed by atoms with Gasteiger partial charge in [0.2, 0.25) is 0 Å². The number of carbonyl (C=O) groups is 1. The van der Waals surface area contributed by atoms with Crippen molar-refractivity contribution >= 4 is 5.91 Å². The maximum absolute atomic E-state index is 13.3. The Kier molecular flexibility index (Phi) is 7.60. The van der Waals surface area contributed by atoms with Gasteiger partial charge in [-0.05, 0) is 31.2 Å². The molecule has 0 aliphatic carbocycles. The standard InChI is InChI=1S/C14H21FN2O3/c1-16-9-11-6-12(15)8-13(7-11)20-10-14(18)17-4-3-5-19-2/h6-8,16H,3-5,9-10H2,1-2H3,(H,17,18). The summed E-state index contributed by atoms with van der Waals surface area (Å²) in [7, 11) is 3.39. The molecule has 0 saturated heterocycles. The summed E-state index contributed by atoms with van der Waals surface area (Å²) in [5, 5.41) is 5.62.